The Morgan fingerprint density at radius 3 is 2.44 bits per heavy atom. The fraction of sp³-hybridized carbons (Fsp3) is 0.857. The second kappa shape index (κ2) is 5.83. The molecule has 4 nitrogen and oxygen atoms in total. The van der Waals surface area contributed by atoms with Crippen molar-refractivity contribution in [1.29, 1.82) is 0 Å². The zero-order chi connectivity index (χ0) is 13.1. The van der Waals surface area contributed by atoms with E-state index in [0.717, 1.165) is 24.2 Å². The van der Waals surface area contributed by atoms with Crippen LogP contribution in [0.1, 0.15) is 58.2 Å². The fourth-order valence-corrected chi connectivity index (χ4v) is 2.55. The highest BCUT2D eigenvalue weighted by molar-refractivity contribution is 4.98. The highest BCUT2D eigenvalue weighted by Gasteiger charge is 2.25. The molecule has 0 unspecified atom stereocenters. The van der Waals surface area contributed by atoms with Gasteiger partial charge in [-0.1, -0.05) is 32.9 Å². The van der Waals surface area contributed by atoms with Crippen LogP contribution in [0.3, 0.4) is 0 Å². The van der Waals surface area contributed by atoms with Crippen molar-refractivity contribution < 1.29 is 4.52 Å². The van der Waals surface area contributed by atoms with E-state index in [4.69, 9.17) is 4.52 Å². The van der Waals surface area contributed by atoms with E-state index in [1.54, 1.807) is 0 Å². The van der Waals surface area contributed by atoms with Gasteiger partial charge in [-0.3, -0.25) is 0 Å². The van der Waals surface area contributed by atoms with Gasteiger partial charge in [0, 0.05) is 5.92 Å². The van der Waals surface area contributed by atoms with Gasteiger partial charge in [0.15, 0.2) is 5.82 Å². The van der Waals surface area contributed by atoms with Crippen molar-refractivity contribution in [2.75, 3.05) is 6.54 Å². The van der Waals surface area contributed by atoms with Gasteiger partial charge in [-0.2, -0.15) is 4.98 Å². The van der Waals surface area contributed by atoms with Crippen molar-refractivity contribution in [3.8, 4) is 0 Å². The third-order valence-corrected chi connectivity index (χ3v) is 3.62. The molecule has 1 aliphatic carbocycles. The van der Waals surface area contributed by atoms with E-state index in [-0.39, 0.29) is 0 Å². The van der Waals surface area contributed by atoms with Crippen LogP contribution in [0.4, 0.5) is 0 Å². The monoisotopic (exact) mass is 251 g/mol. The second-order valence-corrected chi connectivity index (χ2v) is 6.13. The molecule has 1 N–H and O–H groups in total. The fourth-order valence-electron chi connectivity index (χ4n) is 2.55. The molecule has 0 amide bonds. The first-order chi connectivity index (χ1) is 8.58. The Bertz CT molecular complexity index is 361. The van der Waals surface area contributed by atoms with Gasteiger partial charge in [0.25, 0.3) is 0 Å². The zero-order valence-electron chi connectivity index (χ0n) is 11.9. The normalized spacial score (nSPS) is 16.2. The molecule has 1 heterocycles. The maximum Gasteiger partial charge on any atom is 0.240 e. The molecule has 1 fully saturated rings. The van der Waals surface area contributed by atoms with E-state index in [2.05, 4.69) is 43.2 Å². The molecule has 102 valence electrons. The van der Waals surface area contributed by atoms with E-state index < -0.39 is 0 Å². The quantitative estimate of drug-likeness (QED) is 0.809. The number of rotatable bonds is 7. The predicted molar refractivity (Wildman–Crippen MR) is 71.1 cm³/mol. The molecular formula is C14H25N3O. The van der Waals surface area contributed by atoms with Crippen LogP contribution in [0.2, 0.25) is 0 Å². The molecular weight excluding hydrogens is 226 g/mol. The summed E-state index contributed by atoms with van der Waals surface area (Å²) >= 11 is 0. The van der Waals surface area contributed by atoms with Gasteiger partial charge in [0.05, 0.1) is 6.54 Å². The number of nitrogens with one attached hydrogen (secondary N) is 1. The average molecular weight is 251 g/mol. The number of hydrogen-bond donors (Lipinski definition) is 1. The van der Waals surface area contributed by atoms with Crippen LogP contribution in [0.5, 0.6) is 0 Å². The first-order valence-corrected chi connectivity index (χ1v) is 7.11. The molecule has 1 aromatic rings. The summed E-state index contributed by atoms with van der Waals surface area (Å²) in [5.41, 5.74) is 0. The van der Waals surface area contributed by atoms with Gasteiger partial charge in [-0.25, -0.2) is 0 Å². The average Bonchev–Trinajstić information content (AvgIpc) is 2.98. The van der Waals surface area contributed by atoms with E-state index in [9.17, 15) is 0 Å². The van der Waals surface area contributed by atoms with Crippen LogP contribution in [-0.4, -0.2) is 16.7 Å². The van der Waals surface area contributed by atoms with Crippen LogP contribution in [0, 0.1) is 17.8 Å². The Kier molecular flexibility index (Phi) is 4.38. The Morgan fingerprint density at radius 1 is 1.22 bits per heavy atom. The van der Waals surface area contributed by atoms with Gasteiger partial charge in [0.1, 0.15) is 0 Å². The molecule has 1 aromatic heterocycles. The topological polar surface area (TPSA) is 51.0 Å². The maximum absolute atomic E-state index is 5.32. The van der Waals surface area contributed by atoms with Gasteiger partial charge in [-0.15, -0.1) is 0 Å². The summed E-state index contributed by atoms with van der Waals surface area (Å²) in [6, 6.07) is 0. The first kappa shape index (κ1) is 13.5. The van der Waals surface area contributed by atoms with Gasteiger partial charge in [-0.05, 0) is 37.1 Å². The molecule has 0 atom stereocenters. The minimum Gasteiger partial charge on any atom is -0.338 e. The standard InChI is InChI=1S/C14H25N3O/c1-9(2)13(10(3)4)14-16-12(18-17-14)8-15-7-11-5-6-11/h9-11,13,15H,5-8H2,1-4H3. The highest BCUT2D eigenvalue weighted by atomic mass is 16.5. The smallest absolute Gasteiger partial charge is 0.240 e. The molecule has 1 saturated carbocycles. The Balaban J connectivity index is 1.90. The summed E-state index contributed by atoms with van der Waals surface area (Å²) in [4.78, 5) is 4.53. The lowest BCUT2D eigenvalue weighted by Crippen LogP contribution is -2.17. The Hall–Kier alpha value is -0.900. The van der Waals surface area contributed by atoms with Crippen LogP contribution < -0.4 is 5.32 Å². The maximum atomic E-state index is 5.32. The second-order valence-electron chi connectivity index (χ2n) is 6.13. The third kappa shape index (κ3) is 3.55. The van der Waals surface area contributed by atoms with Gasteiger partial charge < -0.3 is 9.84 Å². The zero-order valence-corrected chi connectivity index (χ0v) is 11.9. The first-order valence-electron chi connectivity index (χ1n) is 7.11. The lowest BCUT2D eigenvalue weighted by molar-refractivity contribution is 0.331. The van der Waals surface area contributed by atoms with Crippen molar-refractivity contribution in [3.05, 3.63) is 11.7 Å². The largest absolute Gasteiger partial charge is 0.338 e. The van der Waals surface area contributed by atoms with Crippen molar-refractivity contribution in [2.45, 2.75) is 53.0 Å². The highest BCUT2D eigenvalue weighted by Crippen LogP contribution is 2.30. The summed E-state index contributed by atoms with van der Waals surface area (Å²) in [5.74, 6) is 3.92. The molecule has 1 aliphatic rings. The SMILES string of the molecule is CC(C)C(c1noc(CNCC2CC2)n1)C(C)C. The number of nitrogens with zero attached hydrogens (tertiary/aromatic N) is 2. The lowest BCUT2D eigenvalue weighted by atomic mass is 9.85. The van der Waals surface area contributed by atoms with E-state index in [1.807, 2.05) is 0 Å². The summed E-state index contributed by atoms with van der Waals surface area (Å²) in [6.45, 7) is 10.6. The van der Waals surface area contributed by atoms with Crippen molar-refractivity contribution >= 4 is 0 Å². The van der Waals surface area contributed by atoms with E-state index in [1.165, 1.54) is 12.8 Å². The summed E-state index contributed by atoms with van der Waals surface area (Å²) in [7, 11) is 0. The summed E-state index contributed by atoms with van der Waals surface area (Å²) < 4.78 is 5.32. The van der Waals surface area contributed by atoms with Crippen molar-refractivity contribution in [2.24, 2.45) is 17.8 Å². The van der Waals surface area contributed by atoms with Gasteiger partial charge >= 0.3 is 0 Å². The number of aromatic nitrogens is 2. The van der Waals surface area contributed by atoms with Crippen molar-refractivity contribution in [3.63, 3.8) is 0 Å². The third-order valence-electron chi connectivity index (χ3n) is 3.62. The molecule has 18 heavy (non-hydrogen) atoms. The van der Waals surface area contributed by atoms with E-state index in [0.29, 0.717) is 24.3 Å². The number of hydrogen-bond acceptors (Lipinski definition) is 4. The molecule has 0 aromatic carbocycles. The Morgan fingerprint density at radius 2 is 1.89 bits per heavy atom. The summed E-state index contributed by atoms with van der Waals surface area (Å²) in [6.07, 6.45) is 2.73. The molecule has 0 radical (unpaired) electrons. The van der Waals surface area contributed by atoms with Crippen LogP contribution >= 0.6 is 0 Å². The molecule has 0 bridgehead atoms. The van der Waals surface area contributed by atoms with E-state index >= 15 is 0 Å². The minimum atomic E-state index is 0.380. The van der Waals surface area contributed by atoms with Crippen LogP contribution in [0.25, 0.3) is 0 Å². The molecule has 4 heteroatoms. The Labute approximate surface area is 110 Å². The van der Waals surface area contributed by atoms with Crippen LogP contribution in [0.15, 0.2) is 4.52 Å². The molecule has 0 saturated heterocycles. The van der Waals surface area contributed by atoms with Crippen molar-refractivity contribution in [1.82, 2.24) is 15.5 Å². The van der Waals surface area contributed by atoms with Crippen LogP contribution in [-0.2, 0) is 6.54 Å². The predicted octanol–water partition coefficient (Wildman–Crippen LogP) is 2.96. The molecule has 2 rings (SSSR count). The lowest BCUT2D eigenvalue weighted by Gasteiger charge is -2.20. The molecule has 0 spiro atoms. The minimum absolute atomic E-state index is 0.380. The molecule has 0 aliphatic heterocycles. The summed E-state index contributed by atoms with van der Waals surface area (Å²) in [5, 5.41) is 7.52. The van der Waals surface area contributed by atoms with Gasteiger partial charge in [0.2, 0.25) is 5.89 Å².